The molecule has 4 aliphatic rings. The van der Waals surface area contributed by atoms with Crippen LogP contribution in [0.3, 0.4) is 0 Å². The van der Waals surface area contributed by atoms with Gasteiger partial charge in [0.25, 0.3) is 20.4 Å². The summed E-state index contributed by atoms with van der Waals surface area (Å²) in [6.07, 6.45) is 9.44. The van der Waals surface area contributed by atoms with Crippen molar-refractivity contribution in [2.75, 3.05) is 36.0 Å². The Hall–Kier alpha value is -5.06. The van der Waals surface area contributed by atoms with Gasteiger partial charge in [0.2, 0.25) is 23.6 Å². The quantitative estimate of drug-likeness (QED) is 0.0759. The van der Waals surface area contributed by atoms with E-state index < -0.39 is 79.8 Å². The van der Waals surface area contributed by atoms with Crippen molar-refractivity contribution >= 4 is 78.6 Å². The molecule has 0 bridgehead atoms. The summed E-state index contributed by atoms with van der Waals surface area (Å²) in [7, 11) is -7.72. The van der Waals surface area contributed by atoms with Crippen molar-refractivity contribution in [3.63, 3.8) is 0 Å². The Morgan fingerprint density at radius 3 is 1.21 bits per heavy atom. The minimum atomic E-state index is -3.86. The molecule has 16 nitrogen and oxygen atoms in total. The maximum atomic E-state index is 14.3. The summed E-state index contributed by atoms with van der Waals surface area (Å²) in [5, 5.41) is 6.61. The third-order valence-corrected chi connectivity index (χ3v) is 16.9. The van der Waals surface area contributed by atoms with Gasteiger partial charge in [0.15, 0.2) is 0 Å². The van der Waals surface area contributed by atoms with Crippen molar-refractivity contribution in [3.05, 3.63) is 130 Å². The summed E-state index contributed by atoms with van der Waals surface area (Å²) in [6.45, 7) is 4.29. The van der Waals surface area contributed by atoms with Crippen molar-refractivity contribution < 1.29 is 44.8 Å². The Balaban J connectivity index is 0.000000211. The van der Waals surface area contributed by atoms with E-state index in [4.69, 9.17) is 23.2 Å². The molecule has 0 unspecified atom stereocenters. The number of hydrogen-bond donors (Lipinski definition) is 4. The zero-order chi connectivity index (χ0) is 51.7. The Morgan fingerprint density at radius 1 is 0.542 bits per heavy atom. The Kier molecular flexibility index (Phi) is 18.5. The smallest absolute Gasteiger partial charge is 0.280 e. The maximum absolute atomic E-state index is 14.3. The first-order valence-electron chi connectivity index (χ1n) is 24.2. The molecule has 0 radical (unpaired) electrons. The topological polar surface area (TPSA) is 197 Å². The highest BCUT2D eigenvalue weighted by atomic mass is 35.5. The molecule has 72 heavy (non-hydrogen) atoms. The van der Waals surface area contributed by atoms with E-state index >= 15 is 0 Å². The van der Waals surface area contributed by atoms with E-state index in [0.717, 1.165) is 86.1 Å². The maximum Gasteiger partial charge on any atom is 0.280 e. The van der Waals surface area contributed by atoms with E-state index in [-0.39, 0.29) is 33.5 Å². The van der Waals surface area contributed by atoms with E-state index in [9.17, 15) is 44.8 Å². The molecule has 4 N–H and O–H groups in total. The molecule has 0 spiro atoms. The van der Waals surface area contributed by atoms with Crippen LogP contribution in [-0.4, -0.2) is 99.4 Å². The molecule has 2 saturated carbocycles. The zero-order valence-corrected chi connectivity index (χ0v) is 43.1. The highest BCUT2D eigenvalue weighted by molar-refractivity contribution is 7.87. The van der Waals surface area contributed by atoms with Gasteiger partial charge < -0.3 is 10.6 Å². The van der Waals surface area contributed by atoms with Crippen LogP contribution >= 0.6 is 23.2 Å². The monoisotopic (exact) mass is 1070 g/mol. The molecule has 4 atom stereocenters. The zero-order valence-electron chi connectivity index (χ0n) is 40.0. The van der Waals surface area contributed by atoms with Crippen LogP contribution < -0.4 is 29.9 Å². The molecular formula is C50H60Cl2F2N8O8S2. The first-order chi connectivity index (χ1) is 34.3. The van der Waals surface area contributed by atoms with Crippen LogP contribution in [0, 0.1) is 11.6 Å². The fourth-order valence-corrected chi connectivity index (χ4v) is 12.0. The van der Waals surface area contributed by atoms with Gasteiger partial charge in [-0.1, -0.05) is 110 Å². The number of benzene rings is 4. The Labute approximate surface area is 430 Å². The van der Waals surface area contributed by atoms with Gasteiger partial charge in [-0.15, -0.1) is 0 Å². The SMILES string of the molecule is C[C@@H](NS(=O)(=O)N1CC1)C(=O)N(c1cccc(F)c1)[C@@H](C(=O)NC1CCCCC1)c1ccccc1Cl.C[C@@H](NS(=O)(=O)N1CC1)C(=O)N(c1cccc(F)c1)[C@H](C(=O)NC1CCCCC1)c1ccccc1Cl. The molecule has 4 amide bonds. The summed E-state index contributed by atoms with van der Waals surface area (Å²) in [6, 6.07) is 18.8. The minimum Gasteiger partial charge on any atom is -0.351 e. The number of hydrogen-bond acceptors (Lipinski definition) is 8. The number of anilines is 2. The number of nitrogens with one attached hydrogen (secondary N) is 4. The van der Waals surface area contributed by atoms with E-state index in [1.807, 2.05) is 0 Å². The van der Waals surface area contributed by atoms with Gasteiger partial charge >= 0.3 is 0 Å². The predicted octanol–water partition coefficient (Wildman–Crippen LogP) is 7.08. The molecule has 4 fully saturated rings. The second-order valence-corrected chi connectivity index (χ2v) is 22.6. The number of nitrogens with zero attached hydrogens (tertiary/aromatic N) is 4. The van der Waals surface area contributed by atoms with Gasteiger partial charge in [-0.05, 0) is 88.1 Å². The molecule has 8 rings (SSSR count). The molecule has 2 heterocycles. The first kappa shape index (κ1) is 54.7. The van der Waals surface area contributed by atoms with E-state index in [1.54, 1.807) is 48.5 Å². The number of halogens is 4. The third kappa shape index (κ3) is 14.2. The molecule has 22 heteroatoms. The van der Waals surface area contributed by atoms with Gasteiger partial charge in [-0.3, -0.25) is 29.0 Å². The predicted molar refractivity (Wildman–Crippen MR) is 272 cm³/mol. The van der Waals surface area contributed by atoms with Gasteiger partial charge in [0, 0.05) is 70.8 Å². The van der Waals surface area contributed by atoms with Gasteiger partial charge in [-0.2, -0.15) is 34.9 Å². The number of rotatable bonds is 18. The fraction of sp³-hybridized carbons (Fsp3) is 0.440. The van der Waals surface area contributed by atoms with Crippen LogP contribution in [0.15, 0.2) is 97.1 Å². The van der Waals surface area contributed by atoms with Crippen molar-refractivity contribution in [3.8, 4) is 0 Å². The van der Waals surface area contributed by atoms with Crippen molar-refractivity contribution in [2.45, 2.75) is 114 Å². The fourth-order valence-electron chi connectivity index (χ4n) is 8.98. The minimum absolute atomic E-state index is 0.0562. The van der Waals surface area contributed by atoms with Crippen molar-refractivity contribution in [1.82, 2.24) is 28.7 Å². The molecule has 2 aliphatic heterocycles. The van der Waals surface area contributed by atoms with Crippen LogP contribution in [0.4, 0.5) is 20.2 Å². The van der Waals surface area contributed by atoms with E-state index in [0.29, 0.717) is 37.3 Å². The van der Waals surface area contributed by atoms with Crippen LogP contribution in [0.25, 0.3) is 0 Å². The summed E-state index contributed by atoms with van der Waals surface area (Å²) < 4.78 is 85.7. The molecule has 4 aromatic carbocycles. The van der Waals surface area contributed by atoms with Crippen LogP contribution in [0.5, 0.6) is 0 Å². The molecule has 388 valence electrons. The summed E-state index contributed by atoms with van der Waals surface area (Å²) >= 11 is 13.0. The lowest BCUT2D eigenvalue weighted by Crippen LogP contribution is -2.53. The van der Waals surface area contributed by atoms with Gasteiger partial charge in [0.05, 0.1) is 12.1 Å². The Morgan fingerprint density at radius 2 is 0.889 bits per heavy atom. The Bertz CT molecular complexity index is 2630. The molecule has 4 aromatic rings. The number of carbonyl (C=O) groups excluding carboxylic acids is 4. The highest BCUT2D eigenvalue weighted by Crippen LogP contribution is 2.36. The largest absolute Gasteiger partial charge is 0.351 e. The van der Waals surface area contributed by atoms with Crippen LogP contribution in [0.2, 0.25) is 10.0 Å². The first-order valence-corrected chi connectivity index (χ1v) is 27.8. The molecule has 0 aromatic heterocycles. The average Bonchev–Trinajstić information content (AvgIpc) is 4.27. The normalized spacial score (nSPS) is 18.3. The lowest BCUT2D eigenvalue weighted by Gasteiger charge is -2.35. The van der Waals surface area contributed by atoms with E-state index in [1.165, 1.54) is 58.9 Å². The van der Waals surface area contributed by atoms with Crippen LogP contribution in [-0.2, 0) is 39.6 Å². The second-order valence-electron chi connectivity index (χ2n) is 18.4. The summed E-state index contributed by atoms with van der Waals surface area (Å²) in [5.74, 6) is -3.56. The van der Waals surface area contributed by atoms with Crippen molar-refractivity contribution in [1.29, 1.82) is 0 Å². The van der Waals surface area contributed by atoms with Gasteiger partial charge in [-0.25, -0.2) is 8.78 Å². The average molecular weight is 1070 g/mol. The number of carbonyl (C=O) groups is 4. The highest BCUT2D eigenvalue weighted by Gasteiger charge is 2.42. The van der Waals surface area contributed by atoms with Crippen LogP contribution in [0.1, 0.15) is 101 Å². The second kappa shape index (κ2) is 24.3. The lowest BCUT2D eigenvalue weighted by atomic mass is 9.94. The van der Waals surface area contributed by atoms with E-state index in [2.05, 4.69) is 20.1 Å². The summed E-state index contributed by atoms with van der Waals surface area (Å²) in [4.78, 5) is 57.5. The lowest BCUT2D eigenvalue weighted by molar-refractivity contribution is -0.127. The van der Waals surface area contributed by atoms with Gasteiger partial charge in [0.1, 0.15) is 23.7 Å². The molecule has 2 aliphatic carbocycles. The third-order valence-electron chi connectivity index (χ3n) is 12.8. The molecule has 2 saturated heterocycles. The van der Waals surface area contributed by atoms with Crippen molar-refractivity contribution in [2.24, 2.45) is 0 Å². The molecular weight excluding hydrogens is 1010 g/mol. The summed E-state index contributed by atoms with van der Waals surface area (Å²) in [5.41, 5.74) is 0.931. The number of amides is 4. The standard InChI is InChI=1S/2C25H30ClFN4O4S/c2*1-17(29-36(34,35)30-14-15-30)25(33)31(20-11-7-8-18(27)16-20)23(21-12-5-6-13-22(21)26)24(32)28-19-9-3-2-4-10-19/h2*5-8,11-13,16-17,19,23,29H,2-4,9-10,14-15H2,1H3,(H,28,32)/t17-,23+;17-,23-/m11/s1.